The first-order valence-electron chi connectivity index (χ1n) is 12.1. The van der Waals surface area contributed by atoms with Crippen molar-refractivity contribution in [2.24, 2.45) is 0 Å². The number of pyridine rings is 1. The molecular formula is C27H32FN3O4. The van der Waals surface area contributed by atoms with E-state index in [9.17, 15) is 4.79 Å². The van der Waals surface area contributed by atoms with E-state index in [0.29, 0.717) is 42.2 Å². The molecule has 2 aliphatic rings. The SMILES string of the molecule is COC1CN(c2ccc(-n3ccc4cc(OC[C@H]5CCCO5)ccc4c3=O)cc2F)CC1N(C)C. The molecule has 0 spiro atoms. The third-order valence-corrected chi connectivity index (χ3v) is 7.09. The van der Waals surface area contributed by atoms with Gasteiger partial charge >= 0.3 is 0 Å². The topological polar surface area (TPSA) is 56.2 Å². The van der Waals surface area contributed by atoms with Crippen LogP contribution in [0.15, 0.2) is 53.5 Å². The lowest BCUT2D eigenvalue weighted by molar-refractivity contribution is 0.0639. The number of ether oxygens (including phenoxy) is 3. The second-order valence-corrected chi connectivity index (χ2v) is 9.53. The van der Waals surface area contributed by atoms with Crippen molar-refractivity contribution in [2.45, 2.75) is 31.1 Å². The number of halogens is 1. The van der Waals surface area contributed by atoms with E-state index in [-0.39, 0.29) is 29.6 Å². The molecule has 0 saturated carbocycles. The Hall–Kier alpha value is -2.94. The smallest absolute Gasteiger partial charge is 0.262 e. The van der Waals surface area contributed by atoms with Gasteiger partial charge in [0.1, 0.15) is 18.2 Å². The lowest BCUT2D eigenvalue weighted by atomic mass is 10.1. The van der Waals surface area contributed by atoms with Crippen LogP contribution >= 0.6 is 0 Å². The first-order chi connectivity index (χ1) is 16.9. The Morgan fingerprint density at radius 1 is 1.14 bits per heavy atom. The highest BCUT2D eigenvalue weighted by atomic mass is 19.1. The van der Waals surface area contributed by atoms with E-state index in [2.05, 4.69) is 4.90 Å². The molecule has 5 rings (SSSR count). The summed E-state index contributed by atoms with van der Waals surface area (Å²) in [5, 5.41) is 1.34. The minimum Gasteiger partial charge on any atom is -0.491 e. The van der Waals surface area contributed by atoms with E-state index in [0.717, 1.165) is 24.8 Å². The molecular weight excluding hydrogens is 449 g/mol. The Labute approximate surface area is 204 Å². The van der Waals surface area contributed by atoms with E-state index >= 15 is 4.39 Å². The molecule has 3 heterocycles. The molecule has 0 bridgehead atoms. The molecule has 2 saturated heterocycles. The fourth-order valence-electron chi connectivity index (χ4n) is 5.07. The largest absolute Gasteiger partial charge is 0.491 e. The van der Waals surface area contributed by atoms with Gasteiger partial charge in [0.15, 0.2) is 0 Å². The first kappa shape index (κ1) is 23.8. The predicted molar refractivity (Wildman–Crippen MR) is 134 cm³/mol. The van der Waals surface area contributed by atoms with Crippen molar-refractivity contribution in [1.82, 2.24) is 9.47 Å². The van der Waals surface area contributed by atoms with E-state index in [1.54, 1.807) is 37.6 Å². The Balaban J connectivity index is 1.37. The molecule has 3 atom stereocenters. The molecule has 2 aliphatic heterocycles. The van der Waals surface area contributed by atoms with Crippen molar-refractivity contribution < 1.29 is 18.6 Å². The van der Waals surface area contributed by atoms with Gasteiger partial charge in [-0.1, -0.05) is 0 Å². The van der Waals surface area contributed by atoms with Crippen LogP contribution in [0, 0.1) is 5.82 Å². The van der Waals surface area contributed by atoms with Gasteiger partial charge in [-0.2, -0.15) is 0 Å². The Bertz CT molecular complexity index is 1250. The predicted octanol–water partition coefficient (Wildman–Crippen LogP) is 3.45. The maximum atomic E-state index is 15.2. The zero-order valence-corrected chi connectivity index (χ0v) is 20.4. The highest BCUT2D eigenvalue weighted by molar-refractivity contribution is 5.83. The van der Waals surface area contributed by atoms with Gasteiger partial charge in [0.25, 0.3) is 5.56 Å². The molecule has 2 unspecified atom stereocenters. The third-order valence-electron chi connectivity index (χ3n) is 7.09. The number of hydrogen-bond acceptors (Lipinski definition) is 6. The van der Waals surface area contributed by atoms with Gasteiger partial charge < -0.3 is 24.0 Å². The first-order valence-corrected chi connectivity index (χ1v) is 12.1. The van der Waals surface area contributed by atoms with Crippen molar-refractivity contribution in [3.8, 4) is 11.4 Å². The lowest BCUT2D eigenvalue weighted by Gasteiger charge is -2.23. The summed E-state index contributed by atoms with van der Waals surface area (Å²) >= 11 is 0. The van der Waals surface area contributed by atoms with E-state index in [1.165, 1.54) is 10.6 Å². The molecule has 0 radical (unpaired) electrons. The number of nitrogens with zero attached hydrogens (tertiary/aromatic N) is 3. The summed E-state index contributed by atoms with van der Waals surface area (Å²) < 4.78 is 33.8. The zero-order chi connectivity index (χ0) is 24.5. The summed E-state index contributed by atoms with van der Waals surface area (Å²) in [6.45, 7) is 2.58. The average molecular weight is 482 g/mol. The highest BCUT2D eigenvalue weighted by Crippen LogP contribution is 2.28. The van der Waals surface area contributed by atoms with Crippen molar-refractivity contribution in [1.29, 1.82) is 0 Å². The average Bonchev–Trinajstić information content (AvgIpc) is 3.53. The van der Waals surface area contributed by atoms with Crippen LogP contribution in [0.4, 0.5) is 10.1 Å². The fraction of sp³-hybridized carbons (Fsp3) is 0.444. The molecule has 0 aliphatic carbocycles. The minimum absolute atomic E-state index is 0.00624. The van der Waals surface area contributed by atoms with Gasteiger partial charge in [-0.15, -0.1) is 0 Å². The van der Waals surface area contributed by atoms with Gasteiger partial charge in [-0.05, 0) is 68.7 Å². The number of aromatic nitrogens is 1. The van der Waals surface area contributed by atoms with Gasteiger partial charge in [0, 0.05) is 44.5 Å². The maximum Gasteiger partial charge on any atom is 0.262 e. The number of fused-ring (bicyclic) bond motifs is 1. The molecule has 1 aromatic heterocycles. The number of anilines is 1. The molecule has 0 amide bonds. The summed E-state index contributed by atoms with van der Waals surface area (Å²) in [5.74, 6) is 0.346. The summed E-state index contributed by atoms with van der Waals surface area (Å²) in [4.78, 5) is 17.3. The van der Waals surface area contributed by atoms with Crippen LogP contribution < -0.4 is 15.2 Å². The van der Waals surface area contributed by atoms with Crippen molar-refractivity contribution in [3.05, 3.63) is 64.8 Å². The standard InChI is InChI=1S/C27H32FN3O4/c1-29(2)25-15-30(16-26(25)33-3)24-9-6-19(14-23(24)28)31-11-10-18-13-20(7-8-22(18)27(31)32)35-17-21-5-4-12-34-21/h6-11,13-14,21,25-26H,4-5,12,15-17H2,1-3H3/t21-,25?,26?/m1/s1. The minimum atomic E-state index is -0.360. The molecule has 2 fully saturated rings. The highest BCUT2D eigenvalue weighted by Gasteiger charge is 2.35. The molecule has 0 N–H and O–H groups in total. The summed E-state index contributed by atoms with van der Waals surface area (Å²) in [6.07, 6.45) is 3.89. The molecule has 3 aromatic rings. The Morgan fingerprint density at radius 2 is 2.00 bits per heavy atom. The van der Waals surface area contributed by atoms with E-state index in [1.807, 2.05) is 31.1 Å². The molecule has 2 aromatic carbocycles. The lowest BCUT2D eigenvalue weighted by Crippen LogP contribution is -2.39. The van der Waals surface area contributed by atoms with Gasteiger partial charge in [-0.3, -0.25) is 9.36 Å². The Morgan fingerprint density at radius 3 is 2.69 bits per heavy atom. The Kier molecular flexibility index (Phi) is 6.77. The summed E-state index contributed by atoms with van der Waals surface area (Å²) in [5.41, 5.74) is 0.805. The van der Waals surface area contributed by atoms with Crippen LogP contribution in [0.5, 0.6) is 5.75 Å². The molecule has 7 nitrogen and oxygen atoms in total. The monoisotopic (exact) mass is 481 g/mol. The van der Waals surface area contributed by atoms with Crippen molar-refractivity contribution >= 4 is 16.5 Å². The maximum absolute atomic E-state index is 15.2. The summed E-state index contributed by atoms with van der Waals surface area (Å²) in [6, 6.07) is 12.4. The zero-order valence-electron chi connectivity index (χ0n) is 20.4. The number of rotatable bonds is 7. The van der Waals surface area contributed by atoms with E-state index < -0.39 is 0 Å². The van der Waals surface area contributed by atoms with E-state index in [4.69, 9.17) is 14.2 Å². The van der Waals surface area contributed by atoms with Crippen LogP contribution in [-0.2, 0) is 9.47 Å². The molecule has 8 heteroatoms. The number of methoxy groups -OCH3 is 1. The van der Waals surface area contributed by atoms with Crippen molar-refractivity contribution in [2.75, 3.05) is 52.4 Å². The second-order valence-electron chi connectivity index (χ2n) is 9.53. The van der Waals surface area contributed by atoms with Crippen LogP contribution in [0.1, 0.15) is 12.8 Å². The third kappa shape index (κ3) is 4.78. The molecule has 35 heavy (non-hydrogen) atoms. The number of benzene rings is 2. The summed E-state index contributed by atoms with van der Waals surface area (Å²) in [7, 11) is 5.70. The van der Waals surface area contributed by atoms with Gasteiger partial charge in [0.05, 0.1) is 29.6 Å². The van der Waals surface area contributed by atoms with Crippen LogP contribution in [-0.4, -0.2) is 75.2 Å². The fourth-order valence-corrected chi connectivity index (χ4v) is 5.07. The van der Waals surface area contributed by atoms with Crippen LogP contribution in [0.2, 0.25) is 0 Å². The number of hydrogen-bond donors (Lipinski definition) is 0. The quantitative estimate of drug-likeness (QED) is 0.515. The number of likely N-dealkylation sites (N-methyl/N-ethyl adjacent to an activating group) is 1. The van der Waals surface area contributed by atoms with Crippen LogP contribution in [0.25, 0.3) is 16.5 Å². The van der Waals surface area contributed by atoms with Gasteiger partial charge in [-0.25, -0.2) is 4.39 Å². The second kappa shape index (κ2) is 9.97. The normalized spacial score (nSPS) is 22.4. The van der Waals surface area contributed by atoms with Crippen LogP contribution in [0.3, 0.4) is 0 Å². The molecule has 186 valence electrons. The van der Waals surface area contributed by atoms with Gasteiger partial charge in [0.2, 0.25) is 0 Å². The van der Waals surface area contributed by atoms with Crippen molar-refractivity contribution in [3.63, 3.8) is 0 Å².